The van der Waals surface area contributed by atoms with Gasteiger partial charge in [0.1, 0.15) is 0 Å². The van der Waals surface area contributed by atoms with E-state index in [0.717, 1.165) is 4.32 Å². The summed E-state index contributed by atoms with van der Waals surface area (Å²) >= 11 is 11.3. The van der Waals surface area contributed by atoms with Crippen LogP contribution in [0.3, 0.4) is 0 Å². The van der Waals surface area contributed by atoms with Gasteiger partial charge in [0.15, 0.2) is 9.43 Å². The topological polar surface area (TPSA) is 27.3 Å². The SMILES string of the molecule is CNC(=S)NN(C)C(=S)SC. The smallest absolute Gasteiger partial charge is 0.185 e. The predicted molar refractivity (Wildman–Crippen MR) is 58.7 cm³/mol. The highest BCUT2D eigenvalue weighted by molar-refractivity contribution is 8.22. The number of nitrogens with one attached hydrogen (secondary N) is 2. The van der Waals surface area contributed by atoms with Gasteiger partial charge >= 0.3 is 0 Å². The molecule has 0 aromatic rings. The fraction of sp³-hybridized carbons (Fsp3) is 0.600. The predicted octanol–water partition coefficient (Wildman–Crippen LogP) is 0.575. The van der Waals surface area contributed by atoms with E-state index in [2.05, 4.69) is 10.7 Å². The molecule has 0 saturated heterocycles. The molecule has 64 valence electrons. The first kappa shape index (κ1) is 10.9. The first-order chi connectivity index (χ1) is 5.11. The molecule has 0 aromatic carbocycles. The van der Waals surface area contributed by atoms with Crippen molar-refractivity contribution in [2.45, 2.75) is 0 Å². The third-order valence-electron chi connectivity index (χ3n) is 0.945. The van der Waals surface area contributed by atoms with Crippen molar-refractivity contribution in [3.63, 3.8) is 0 Å². The molecule has 3 nitrogen and oxygen atoms in total. The first-order valence-corrected chi connectivity index (χ1v) is 4.96. The van der Waals surface area contributed by atoms with Crippen molar-refractivity contribution in [1.82, 2.24) is 15.8 Å². The fourth-order valence-electron chi connectivity index (χ4n) is 0.391. The zero-order valence-electron chi connectivity index (χ0n) is 6.67. The van der Waals surface area contributed by atoms with Crippen molar-refractivity contribution in [2.24, 2.45) is 0 Å². The molecule has 11 heavy (non-hydrogen) atoms. The lowest BCUT2D eigenvalue weighted by molar-refractivity contribution is 0.471. The maximum absolute atomic E-state index is 4.98. The van der Waals surface area contributed by atoms with E-state index in [1.165, 1.54) is 11.8 Å². The van der Waals surface area contributed by atoms with Crippen LogP contribution >= 0.6 is 36.2 Å². The van der Waals surface area contributed by atoms with Gasteiger partial charge in [0.25, 0.3) is 0 Å². The number of nitrogens with zero attached hydrogens (tertiary/aromatic N) is 1. The van der Waals surface area contributed by atoms with Gasteiger partial charge in [0.05, 0.1) is 0 Å². The largest absolute Gasteiger partial charge is 0.364 e. The first-order valence-electron chi connectivity index (χ1n) is 2.92. The van der Waals surface area contributed by atoms with Gasteiger partial charge in [0, 0.05) is 14.1 Å². The second-order valence-electron chi connectivity index (χ2n) is 1.72. The highest BCUT2D eigenvalue weighted by Gasteiger charge is 2.01. The summed E-state index contributed by atoms with van der Waals surface area (Å²) < 4.78 is 0.752. The second kappa shape index (κ2) is 5.56. The molecule has 0 heterocycles. The number of hydrogen-bond donors (Lipinski definition) is 2. The van der Waals surface area contributed by atoms with Crippen molar-refractivity contribution in [3.05, 3.63) is 0 Å². The lowest BCUT2D eigenvalue weighted by Crippen LogP contribution is -2.45. The van der Waals surface area contributed by atoms with E-state index in [4.69, 9.17) is 24.4 Å². The van der Waals surface area contributed by atoms with E-state index in [9.17, 15) is 0 Å². The number of rotatable bonds is 0. The number of thioether (sulfide) groups is 1. The number of thiocarbonyl (C=S) groups is 2. The highest BCUT2D eigenvalue weighted by atomic mass is 32.2. The van der Waals surface area contributed by atoms with E-state index in [0.29, 0.717) is 5.11 Å². The monoisotopic (exact) mass is 209 g/mol. The van der Waals surface area contributed by atoms with Gasteiger partial charge < -0.3 is 5.32 Å². The number of hydrazine groups is 1. The Labute approximate surface area is 81.9 Å². The third kappa shape index (κ3) is 4.39. The van der Waals surface area contributed by atoms with E-state index in [1.807, 2.05) is 13.3 Å². The Morgan fingerprint density at radius 2 is 2.00 bits per heavy atom. The second-order valence-corrected chi connectivity index (χ2v) is 3.57. The Hall–Kier alpha value is -0.0700. The Bertz CT molecular complexity index is 159. The van der Waals surface area contributed by atoms with Crippen LogP contribution < -0.4 is 10.7 Å². The zero-order valence-corrected chi connectivity index (χ0v) is 9.12. The van der Waals surface area contributed by atoms with E-state index >= 15 is 0 Å². The molecule has 0 amide bonds. The van der Waals surface area contributed by atoms with Gasteiger partial charge in [0.2, 0.25) is 0 Å². The number of hydrogen-bond acceptors (Lipinski definition) is 3. The minimum atomic E-state index is 0.559. The summed E-state index contributed by atoms with van der Waals surface area (Å²) in [6.07, 6.45) is 1.92. The van der Waals surface area contributed by atoms with Gasteiger partial charge in [-0.15, -0.1) is 0 Å². The van der Waals surface area contributed by atoms with Crippen molar-refractivity contribution in [2.75, 3.05) is 20.4 Å². The average molecular weight is 209 g/mol. The van der Waals surface area contributed by atoms with Crippen LogP contribution in [-0.4, -0.2) is 34.8 Å². The van der Waals surface area contributed by atoms with E-state index in [-0.39, 0.29) is 0 Å². The standard InChI is InChI=1S/C5H11N3S3/c1-6-4(9)7-8(2)5(10)11-3/h1-3H3,(H2,6,7,9). The van der Waals surface area contributed by atoms with Crippen LogP contribution in [0.4, 0.5) is 0 Å². The minimum Gasteiger partial charge on any atom is -0.364 e. The van der Waals surface area contributed by atoms with Crippen LogP contribution in [0.15, 0.2) is 0 Å². The van der Waals surface area contributed by atoms with Gasteiger partial charge in [-0.3, -0.25) is 10.4 Å². The van der Waals surface area contributed by atoms with Gasteiger partial charge in [-0.2, -0.15) is 0 Å². The van der Waals surface area contributed by atoms with Gasteiger partial charge in [-0.05, 0) is 18.5 Å². The van der Waals surface area contributed by atoms with Crippen LogP contribution in [0.1, 0.15) is 0 Å². The van der Waals surface area contributed by atoms with Gasteiger partial charge in [-0.25, -0.2) is 0 Å². The quantitative estimate of drug-likeness (QED) is 0.448. The average Bonchev–Trinajstić information content (AvgIpc) is 2.02. The van der Waals surface area contributed by atoms with Crippen molar-refractivity contribution in [1.29, 1.82) is 0 Å². The maximum atomic E-state index is 4.98. The lowest BCUT2D eigenvalue weighted by Gasteiger charge is -2.20. The van der Waals surface area contributed by atoms with Crippen LogP contribution in [0.2, 0.25) is 0 Å². The molecule has 0 rings (SSSR count). The summed E-state index contributed by atoms with van der Waals surface area (Å²) in [6, 6.07) is 0. The van der Waals surface area contributed by atoms with E-state index < -0.39 is 0 Å². The molecule has 0 aromatic heterocycles. The van der Waals surface area contributed by atoms with Crippen LogP contribution in [0.5, 0.6) is 0 Å². The van der Waals surface area contributed by atoms with Crippen molar-refractivity contribution < 1.29 is 0 Å². The Morgan fingerprint density at radius 1 is 1.45 bits per heavy atom. The molecular weight excluding hydrogens is 198 g/mol. The summed E-state index contributed by atoms with van der Waals surface area (Å²) in [7, 11) is 3.58. The fourth-order valence-corrected chi connectivity index (χ4v) is 0.893. The van der Waals surface area contributed by atoms with Crippen molar-refractivity contribution in [3.8, 4) is 0 Å². The highest BCUT2D eigenvalue weighted by Crippen LogP contribution is 1.99. The molecule has 6 heteroatoms. The summed E-state index contributed by atoms with van der Waals surface area (Å²) in [5.74, 6) is 0. The lowest BCUT2D eigenvalue weighted by atomic mass is 11.0. The molecule has 0 aliphatic rings. The molecular formula is C5H11N3S3. The zero-order chi connectivity index (χ0) is 8.85. The Morgan fingerprint density at radius 3 is 2.36 bits per heavy atom. The van der Waals surface area contributed by atoms with Crippen LogP contribution in [0, 0.1) is 0 Å². The van der Waals surface area contributed by atoms with Crippen LogP contribution in [0.25, 0.3) is 0 Å². The Balaban J connectivity index is 3.77. The summed E-state index contributed by atoms with van der Waals surface area (Å²) in [5.41, 5.74) is 2.87. The van der Waals surface area contributed by atoms with Gasteiger partial charge in [-0.1, -0.05) is 24.0 Å². The van der Waals surface area contributed by atoms with Crippen molar-refractivity contribution >= 4 is 45.6 Å². The minimum absolute atomic E-state index is 0.559. The molecule has 0 radical (unpaired) electrons. The summed E-state index contributed by atoms with van der Waals surface area (Å²) in [6.45, 7) is 0. The van der Waals surface area contributed by atoms with Crippen LogP contribution in [-0.2, 0) is 0 Å². The summed E-state index contributed by atoms with van der Waals surface area (Å²) in [5, 5.41) is 5.04. The molecule has 0 aliphatic carbocycles. The molecule has 0 bridgehead atoms. The molecule has 2 N–H and O–H groups in total. The maximum Gasteiger partial charge on any atom is 0.185 e. The molecule has 0 aliphatic heterocycles. The molecule has 0 saturated carbocycles. The molecule has 0 fully saturated rings. The normalized spacial score (nSPS) is 8.64. The molecule has 0 atom stereocenters. The van der Waals surface area contributed by atoms with E-state index in [1.54, 1.807) is 12.1 Å². The Kier molecular flexibility index (Phi) is 5.53. The molecule has 0 spiro atoms. The summed E-state index contributed by atoms with van der Waals surface area (Å²) in [4.78, 5) is 0. The third-order valence-corrected chi connectivity index (χ3v) is 2.64. The molecule has 0 unspecified atom stereocenters.